The summed E-state index contributed by atoms with van der Waals surface area (Å²) in [6.07, 6.45) is 1.81. The number of aromatic nitrogens is 1. The van der Waals surface area contributed by atoms with E-state index in [0.29, 0.717) is 22.1 Å². The largest absolute Gasteiger partial charge is 0.493 e. The van der Waals surface area contributed by atoms with Gasteiger partial charge >= 0.3 is 0 Å². The van der Waals surface area contributed by atoms with Crippen molar-refractivity contribution in [2.75, 3.05) is 14.2 Å². The van der Waals surface area contributed by atoms with Gasteiger partial charge in [-0.05, 0) is 35.9 Å². The van der Waals surface area contributed by atoms with Crippen LogP contribution < -0.4 is 9.47 Å². The van der Waals surface area contributed by atoms with Gasteiger partial charge in [-0.25, -0.2) is 4.98 Å². The maximum atomic E-state index is 9.49. The third-order valence-corrected chi connectivity index (χ3v) is 4.43. The van der Waals surface area contributed by atoms with Crippen molar-refractivity contribution in [3.63, 3.8) is 0 Å². The summed E-state index contributed by atoms with van der Waals surface area (Å²) < 4.78 is 11.6. The Morgan fingerprint density at radius 2 is 1.91 bits per heavy atom. The van der Waals surface area contributed by atoms with Crippen molar-refractivity contribution in [3.8, 4) is 17.6 Å². The molecule has 4 nitrogen and oxygen atoms in total. The minimum atomic E-state index is 0.526. The second-order valence-electron chi connectivity index (χ2n) is 4.77. The highest BCUT2D eigenvalue weighted by molar-refractivity contribution is 7.19. The lowest BCUT2D eigenvalue weighted by Crippen LogP contribution is -1.90. The molecule has 2 aromatic carbocycles. The zero-order chi connectivity index (χ0) is 16.2. The predicted octanol–water partition coefficient (Wildman–Crippen LogP) is 4.38. The van der Waals surface area contributed by atoms with E-state index in [1.807, 2.05) is 42.5 Å². The predicted molar refractivity (Wildman–Crippen MR) is 92.7 cm³/mol. The molecule has 5 heteroatoms. The highest BCUT2D eigenvalue weighted by Gasteiger charge is 2.10. The fraction of sp³-hybridized carbons (Fsp3) is 0.111. The van der Waals surface area contributed by atoms with Crippen LogP contribution in [0, 0.1) is 11.3 Å². The third kappa shape index (κ3) is 3.03. The van der Waals surface area contributed by atoms with Gasteiger partial charge in [0.05, 0.1) is 30.0 Å². The molecule has 23 heavy (non-hydrogen) atoms. The number of hydrogen-bond donors (Lipinski definition) is 0. The van der Waals surface area contributed by atoms with E-state index in [2.05, 4.69) is 11.1 Å². The number of ether oxygens (including phenoxy) is 2. The lowest BCUT2D eigenvalue weighted by atomic mass is 10.1. The summed E-state index contributed by atoms with van der Waals surface area (Å²) in [6, 6.07) is 15.6. The van der Waals surface area contributed by atoms with Crippen LogP contribution in [0.2, 0.25) is 0 Å². The van der Waals surface area contributed by atoms with E-state index in [9.17, 15) is 5.26 Å². The molecule has 1 aromatic heterocycles. The number of hydrogen-bond acceptors (Lipinski definition) is 5. The summed E-state index contributed by atoms with van der Waals surface area (Å²) in [4.78, 5) is 4.53. The first-order valence-electron chi connectivity index (χ1n) is 6.95. The summed E-state index contributed by atoms with van der Waals surface area (Å²) in [6.45, 7) is 0. The van der Waals surface area contributed by atoms with E-state index in [4.69, 9.17) is 9.47 Å². The van der Waals surface area contributed by atoms with Gasteiger partial charge in [-0.15, -0.1) is 11.3 Å². The molecule has 0 spiro atoms. The van der Waals surface area contributed by atoms with Gasteiger partial charge in [0.1, 0.15) is 11.1 Å². The summed E-state index contributed by atoms with van der Waals surface area (Å²) in [5.74, 6) is 1.28. The average Bonchev–Trinajstić information content (AvgIpc) is 3.03. The Kier molecular flexibility index (Phi) is 4.26. The summed E-state index contributed by atoms with van der Waals surface area (Å²) in [5.41, 5.74) is 2.29. The molecule has 0 aliphatic rings. The minimum absolute atomic E-state index is 0.526. The van der Waals surface area contributed by atoms with Crippen LogP contribution in [0.5, 0.6) is 11.5 Å². The van der Waals surface area contributed by atoms with Gasteiger partial charge in [-0.1, -0.05) is 18.2 Å². The number of para-hydroxylation sites is 1. The number of rotatable bonds is 4. The number of nitriles is 1. The van der Waals surface area contributed by atoms with Gasteiger partial charge in [0.25, 0.3) is 0 Å². The normalized spacial score (nSPS) is 11.3. The van der Waals surface area contributed by atoms with Crippen LogP contribution in [-0.2, 0) is 0 Å². The van der Waals surface area contributed by atoms with Crippen LogP contribution in [0.4, 0.5) is 0 Å². The van der Waals surface area contributed by atoms with Gasteiger partial charge < -0.3 is 9.47 Å². The van der Waals surface area contributed by atoms with Gasteiger partial charge in [0.15, 0.2) is 11.5 Å². The van der Waals surface area contributed by atoms with Crippen molar-refractivity contribution in [1.82, 2.24) is 4.98 Å². The molecule has 114 valence electrons. The van der Waals surface area contributed by atoms with Crippen LogP contribution in [0.15, 0.2) is 42.5 Å². The Hall–Kier alpha value is -2.84. The van der Waals surface area contributed by atoms with E-state index in [1.54, 1.807) is 20.3 Å². The maximum absolute atomic E-state index is 9.49. The molecule has 3 aromatic rings. The van der Waals surface area contributed by atoms with Crippen molar-refractivity contribution in [2.24, 2.45) is 0 Å². The van der Waals surface area contributed by atoms with E-state index >= 15 is 0 Å². The Morgan fingerprint density at radius 3 is 2.61 bits per heavy atom. The molecule has 0 unspecified atom stereocenters. The number of methoxy groups -OCH3 is 2. The fourth-order valence-electron chi connectivity index (χ4n) is 2.24. The molecule has 0 aliphatic heterocycles. The van der Waals surface area contributed by atoms with Crippen LogP contribution in [0.3, 0.4) is 0 Å². The monoisotopic (exact) mass is 322 g/mol. The zero-order valence-electron chi connectivity index (χ0n) is 12.7. The third-order valence-electron chi connectivity index (χ3n) is 3.36. The first-order valence-corrected chi connectivity index (χ1v) is 7.76. The Labute approximate surface area is 138 Å². The van der Waals surface area contributed by atoms with Gasteiger partial charge in [-0.2, -0.15) is 5.26 Å². The van der Waals surface area contributed by atoms with Crippen molar-refractivity contribution in [3.05, 3.63) is 53.0 Å². The van der Waals surface area contributed by atoms with E-state index in [0.717, 1.165) is 15.8 Å². The topological polar surface area (TPSA) is 55.1 Å². The lowest BCUT2D eigenvalue weighted by molar-refractivity contribution is 0.355. The van der Waals surface area contributed by atoms with Crippen molar-refractivity contribution in [2.45, 2.75) is 0 Å². The molecular weight excluding hydrogens is 308 g/mol. The molecular formula is C18H14N2O2S. The quantitative estimate of drug-likeness (QED) is 0.669. The maximum Gasteiger partial charge on any atom is 0.161 e. The number of thiazole rings is 1. The Morgan fingerprint density at radius 1 is 1.13 bits per heavy atom. The molecule has 0 atom stereocenters. The lowest BCUT2D eigenvalue weighted by Gasteiger charge is -2.07. The molecule has 0 radical (unpaired) electrons. The Balaban J connectivity index is 2.03. The number of benzene rings is 2. The molecule has 1 heterocycles. The number of nitrogens with zero attached hydrogens (tertiary/aromatic N) is 2. The van der Waals surface area contributed by atoms with Gasteiger partial charge in [0, 0.05) is 0 Å². The van der Waals surface area contributed by atoms with Gasteiger partial charge in [0.2, 0.25) is 0 Å². The first-order chi connectivity index (χ1) is 11.2. The zero-order valence-corrected chi connectivity index (χ0v) is 13.6. The van der Waals surface area contributed by atoms with Crippen LogP contribution in [0.25, 0.3) is 21.9 Å². The van der Waals surface area contributed by atoms with E-state index < -0.39 is 0 Å². The van der Waals surface area contributed by atoms with Crippen LogP contribution in [-0.4, -0.2) is 19.2 Å². The van der Waals surface area contributed by atoms with Crippen LogP contribution >= 0.6 is 11.3 Å². The second kappa shape index (κ2) is 6.51. The molecule has 0 saturated heterocycles. The van der Waals surface area contributed by atoms with Crippen molar-refractivity contribution >= 4 is 33.2 Å². The first kappa shape index (κ1) is 15.1. The van der Waals surface area contributed by atoms with Gasteiger partial charge in [-0.3, -0.25) is 0 Å². The molecule has 0 saturated carbocycles. The van der Waals surface area contributed by atoms with E-state index in [-0.39, 0.29) is 0 Å². The van der Waals surface area contributed by atoms with Crippen LogP contribution in [0.1, 0.15) is 10.6 Å². The summed E-state index contributed by atoms with van der Waals surface area (Å²) in [5, 5.41) is 10.2. The Bertz CT molecular complexity index is 889. The molecule has 0 amide bonds. The summed E-state index contributed by atoms with van der Waals surface area (Å²) >= 11 is 1.51. The standard InChI is InChI=1S/C18H14N2O2S/c1-21-15-8-7-12(10-16(15)22-2)9-13(11-19)18-20-14-5-3-4-6-17(14)23-18/h3-10H,1-2H3. The molecule has 0 aliphatic carbocycles. The number of fused-ring (bicyclic) bond motifs is 1. The van der Waals surface area contributed by atoms with Crippen molar-refractivity contribution in [1.29, 1.82) is 5.26 Å². The van der Waals surface area contributed by atoms with Crippen molar-refractivity contribution < 1.29 is 9.47 Å². The molecule has 0 N–H and O–H groups in total. The SMILES string of the molecule is COc1ccc(C=C(C#N)c2nc3ccccc3s2)cc1OC. The highest BCUT2D eigenvalue weighted by atomic mass is 32.1. The second-order valence-corrected chi connectivity index (χ2v) is 5.80. The fourth-order valence-corrected chi connectivity index (χ4v) is 3.17. The summed E-state index contributed by atoms with van der Waals surface area (Å²) in [7, 11) is 3.18. The van der Waals surface area contributed by atoms with E-state index in [1.165, 1.54) is 11.3 Å². The smallest absolute Gasteiger partial charge is 0.161 e. The molecule has 3 rings (SSSR count). The molecule has 0 bridgehead atoms. The highest BCUT2D eigenvalue weighted by Crippen LogP contribution is 2.31. The average molecular weight is 322 g/mol. The minimum Gasteiger partial charge on any atom is -0.493 e. The molecule has 0 fully saturated rings. The number of allylic oxidation sites excluding steroid dienone is 1.